The molecule has 0 aromatic rings. The van der Waals surface area contributed by atoms with Gasteiger partial charge in [0.1, 0.15) is 17.5 Å². The van der Waals surface area contributed by atoms with E-state index >= 15 is 0 Å². The lowest BCUT2D eigenvalue weighted by atomic mass is 9.78. The minimum Gasteiger partial charge on any atom is -0.487 e. The van der Waals surface area contributed by atoms with Crippen molar-refractivity contribution in [3.05, 3.63) is 23.5 Å². The number of hydrogen-bond acceptors (Lipinski definition) is 7. The van der Waals surface area contributed by atoms with Gasteiger partial charge in [-0.1, -0.05) is 0 Å². The number of nitrogens with one attached hydrogen (secondary N) is 1. The number of rotatable bonds is 6. The molecule has 0 radical (unpaired) electrons. The third-order valence-corrected chi connectivity index (χ3v) is 9.07. The van der Waals surface area contributed by atoms with Crippen LogP contribution in [0.1, 0.15) is 51.4 Å². The van der Waals surface area contributed by atoms with E-state index in [2.05, 4.69) is 10.2 Å². The van der Waals surface area contributed by atoms with Gasteiger partial charge in [-0.3, -0.25) is 15.0 Å². The van der Waals surface area contributed by atoms with E-state index in [-0.39, 0.29) is 12.0 Å². The fraction of sp³-hybridized carbons (Fsp3) is 0.821. The lowest BCUT2D eigenvalue weighted by Crippen LogP contribution is -2.57. The highest BCUT2D eigenvalue weighted by molar-refractivity contribution is 5.79. The highest BCUT2D eigenvalue weighted by Crippen LogP contribution is 2.43. The minimum atomic E-state index is -1.03. The van der Waals surface area contributed by atoms with Crippen LogP contribution in [-0.4, -0.2) is 110 Å². The summed E-state index contributed by atoms with van der Waals surface area (Å²) >= 11 is 0. The first kappa shape index (κ1) is 27.1. The van der Waals surface area contributed by atoms with Crippen LogP contribution in [0.4, 0.5) is 4.39 Å². The van der Waals surface area contributed by atoms with Gasteiger partial charge in [0.2, 0.25) is 5.91 Å². The summed E-state index contributed by atoms with van der Waals surface area (Å²) < 4.78 is 26.2. The average molecular weight is 521 g/mol. The second-order valence-electron chi connectivity index (χ2n) is 11.9. The molecule has 8 nitrogen and oxygen atoms in total. The van der Waals surface area contributed by atoms with Gasteiger partial charge in [-0.25, -0.2) is 4.39 Å². The smallest absolute Gasteiger partial charge is 0.225 e. The fourth-order valence-corrected chi connectivity index (χ4v) is 6.66. The molecular weight excluding hydrogens is 475 g/mol. The Morgan fingerprint density at radius 2 is 1.89 bits per heavy atom. The number of ether oxygens (including phenoxy) is 2. The highest BCUT2D eigenvalue weighted by atomic mass is 19.1. The first-order valence-corrected chi connectivity index (χ1v) is 14.3. The Balaban J connectivity index is 1.15. The van der Waals surface area contributed by atoms with Gasteiger partial charge in [0.05, 0.1) is 0 Å². The van der Waals surface area contributed by atoms with Gasteiger partial charge in [0.25, 0.3) is 0 Å². The quantitative estimate of drug-likeness (QED) is 0.521. The van der Waals surface area contributed by atoms with E-state index in [0.29, 0.717) is 31.8 Å². The molecule has 4 fully saturated rings. The summed E-state index contributed by atoms with van der Waals surface area (Å²) in [7, 11) is 3.60. The number of aliphatic hydroxyl groups excluding tert-OH is 1. The normalized spacial score (nSPS) is 30.5. The van der Waals surface area contributed by atoms with Crippen molar-refractivity contribution in [3.63, 3.8) is 0 Å². The molecule has 0 aromatic carbocycles. The van der Waals surface area contributed by atoms with Crippen LogP contribution in [0.25, 0.3) is 0 Å². The van der Waals surface area contributed by atoms with E-state index in [9.17, 15) is 14.3 Å². The summed E-state index contributed by atoms with van der Waals surface area (Å²) in [6.45, 7) is 6.30. The summed E-state index contributed by atoms with van der Waals surface area (Å²) in [4.78, 5) is 19.7. The molecule has 3 unspecified atom stereocenters. The van der Waals surface area contributed by atoms with E-state index < -0.39 is 18.1 Å². The van der Waals surface area contributed by atoms with Crippen molar-refractivity contribution < 1.29 is 23.8 Å². The molecule has 1 amide bonds. The zero-order chi connectivity index (χ0) is 26.0. The Kier molecular flexibility index (Phi) is 8.56. The number of hydrogen-bond donors (Lipinski definition) is 2. The average Bonchev–Trinajstić information content (AvgIpc) is 2.90. The number of nitrogens with zero attached hydrogens (tertiary/aromatic N) is 3. The van der Waals surface area contributed by atoms with Crippen molar-refractivity contribution in [1.82, 2.24) is 20.0 Å². The predicted octanol–water partition coefficient (Wildman–Crippen LogP) is 2.25. The second-order valence-corrected chi connectivity index (χ2v) is 11.9. The first-order chi connectivity index (χ1) is 17.8. The van der Waals surface area contributed by atoms with Gasteiger partial charge < -0.3 is 24.4 Å². The van der Waals surface area contributed by atoms with Gasteiger partial charge in [0, 0.05) is 76.1 Å². The van der Waals surface area contributed by atoms with Gasteiger partial charge in [-0.2, -0.15) is 0 Å². The summed E-state index contributed by atoms with van der Waals surface area (Å²) in [6.07, 6.45) is 8.30. The number of halogens is 1. The molecule has 3 atom stereocenters. The van der Waals surface area contributed by atoms with Crippen LogP contribution in [0.15, 0.2) is 23.5 Å². The van der Waals surface area contributed by atoms with Crippen LogP contribution in [0.2, 0.25) is 0 Å². The molecule has 5 rings (SSSR count). The Bertz CT molecular complexity index is 858. The Hall–Kier alpha value is -1.52. The van der Waals surface area contributed by atoms with Crippen LogP contribution in [-0.2, 0) is 14.3 Å². The molecule has 2 N–H and O–H groups in total. The van der Waals surface area contributed by atoms with Crippen molar-refractivity contribution in [1.29, 1.82) is 0 Å². The van der Waals surface area contributed by atoms with Crippen molar-refractivity contribution in [2.75, 3.05) is 60.0 Å². The Morgan fingerprint density at radius 1 is 1.19 bits per heavy atom. The molecule has 0 aromatic heterocycles. The molecule has 0 bridgehead atoms. The number of piperidine rings is 2. The highest BCUT2D eigenvalue weighted by Gasteiger charge is 2.47. The summed E-state index contributed by atoms with van der Waals surface area (Å²) in [5, 5.41) is 13.7. The number of aliphatic hydroxyl groups is 1. The van der Waals surface area contributed by atoms with Gasteiger partial charge in [0.15, 0.2) is 6.35 Å². The molecule has 1 spiro atoms. The van der Waals surface area contributed by atoms with E-state index in [1.165, 1.54) is 0 Å². The number of alkyl halides is 1. The standard InChI is InChI=1S/C28H45FN4O4/c1-31(2)27(35)30-24-18-28(37-25-4-3-22(29)17-23(24)25)9-13-33(14-10-28)26(34)21-5-11-32(12-6-21)19-20-7-15-36-16-8-20/h4,17,20-22,24,27,30,35H,3,5-16,18-19H2,1-2H3. The molecule has 1 aliphatic carbocycles. The first-order valence-electron chi connectivity index (χ1n) is 14.3. The lowest BCUT2D eigenvalue weighted by Gasteiger charge is -2.49. The zero-order valence-electron chi connectivity index (χ0n) is 22.5. The summed E-state index contributed by atoms with van der Waals surface area (Å²) in [5.74, 6) is 1.89. The maximum atomic E-state index is 14.2. The SMILES string of the molecule is CN(C)C(O)NC1CC2(CCN(C(=O)C3CCN(CC4CCOCC4)CC3)CC2)OC2=CCC(F)C=C21. The molecule has 9 heteroatoms. The molecule has 4 aliphatic heterocycles. The Labute approximate surface area is 220 Å². The Morgan fingerprint density at radius 3 is 2.57 bits per heavy atom. The topological polar surface area (TPSA) is 77.5 Å². The van der Waals surface area contributed by atoms with Crippen LogP contribution in [0.5, 0.6) is 0 Å². The van der Waals surface area contributed by atoms with Crippen LogP contribution in [0.3, 0.4) is 0 Å². The predicted molar refractivity (Wildman–Crippen MR) is 139 cm³/mol. The molecule has 4 saturated heterocycles. The van der Waals surface area contributed by atoms with Crippen molar-refractivity contribution in [2.24, 2.45) is 11.8 Å². The van der Waals surface area contributed by atoms with Crippen molar-refractivity contribution in [2.45, 2.75) is 75.5 Å². The third-order valence-electron chi connectivity index (χ3n) is 9.07. The lowest BCUT2D eigenvalue weighted by molar-refractivity contribution is -0.143. The monoisotopic (exact) mass is 520 g/mol. The number of carbonyl (C=O) groups excluding carboxylic acids is 1. The van der Waals surface area contributed by atoms with E-state index in [1.54, 1.807) is 25.1 Å². The molecule has 208 valence electrons. The molecule has 0 saturated carbocycles. The zero-order valence-corrected chi connectivity index (χ0v) is 22.5. The second kappa shape index (κ2) is 11.7. The van der Waals surface area contributed by atoms with Gasteiger partial charge >= 0.3 is 0 Å². The number of fused-ring (bicyclic) bond motifs is 1. The van der Waals surface area contributed by atoms with Crippen LogP contribution >= 0.6 is 0 Å². The van der Waals surface area contributed by atoms with E-state index in [0.717, 1.165) is 88.6 Å². The summed E-state index contributed by atoms with van der Waals surface area (Å²) in [5.41, 5.74) is 0.399. The van der Waals surface area contributed by atoms with Gasteiger partial charge in [-0.05, 0) is 70.9 Å². The minimum absolute atomic E-state index is 0.119. The fourth-order valence-electron chi connectivity index (χ4n) is 6.66. The molecule has 37 heavy (non-hydrogen) atoms. The number of likely N-dealkylation sites (tertiary alicyclic amines) is 2. The number of carbonyl (C=O) groups is 1. The van der Waals surface area contributed by atoms with Crippen LogP contribution in [0, 0.1) is 11.8 Å². The third kappa shape index (κ3) is 6.38. The maximum Gasteiger partial charge on any atom is 0.225 e. The van der Waals surface area contributed by atoms with Crippen LogP contribution < -0.4 is 5.32 Å². The molecule has 4 heterocycles. The maximum absolute atomic E-state index is 14.2. The van der Waals surface area contributed by atoms with Crippen molar-refractivity contribution in [3.8, 4) is 0 Å². The summed E-state index contributed by atoms with van der Waals surface area (Å²) in [6, 6.07) is -0.196. The van der Waals surface area contributed by atoms with E-state index in [4.69, 9.17) is 9.47 Å². The van der Waals surface area contributed by atoms with Gasteiger partial charge in [-0.15, -0.1) is 0 Å². The van der Waals surface area contributed by atoms with Crippen molar-refractivity contribution >= 4 is 5.91 Å². The van der Waals surface area contributed by atoms with E-state index in [1.807, 2.05) is 11.0 Å². The number of amides is 1. The molecule has 5 aliphatic rings. The molecular formula is C28H45FN4O4. The largest absolute Gasteiger partial charge is 0.487 e. The number of allylic oxidation sites excluding steroid dienone is 2.